The molecule has 0 saturated heterocycles. The first-order valence-corrected chi connectivity index (χ1v) is 7.56. The van der Waals surface area contributed by atoms with Crippen molar-refractivity contribution < 1.29 is 9.53 Å². The van der Waals surface area contributed by atoms with Gasteiger partial charge in [-0.05, 0) is 36.1 Å². The molecular weight excluding hydrogens is 236 g/mol. The molecule has 0 radical (unpaired) electrons. The van der Waals surface area contributed by atoms with E-state index in [1.54, 1.807) is 0 Å². The number of carbonyl (C=O) groups is 1. The predicted molar refractivity (Wildman–Crippen MR) is 77.7 cm³/mol. The van der Waals surface area contributed by atoms with E-state index in [0.717, 1.165) is 25.2 Å². The molecule has 0 fully saturated rings. The van der Waals surface area contributed by atoms with Gasteiger partial charge in [-0.3, -0.25) is 4.79 Å². The van der Waals surface area contributed by atoms with Crippen LogP contribution in [0.5, 0.6) is 5.75 Å². The molecule has 104 valence electrons. The van der Waals surface area contributed by atoms with Crippen molar-refractivity contribution in [3.8, 4) is 5.75 Å². The number of hydrogen-bond donors (Lipinski definition) is 0. The molecule has 1 aromatic rings. The van der Waals surface area contributed by atoms with Gasteiger partial charge in [-0.15, -0.1) is 0 Å². The van der Waals surface area contributed by atoms with Gasteiger partial charge in [-0.1, -0.05) is 38.7 Å². The second-order valence-corrected chi connectivity index (χ2v) is 5.41. The number of unbranched alkanes of at least 4 members (excludes halogenated alkanes) is 4. The Labute approximate surface area is 116 Å². The summed E-state index contributed by atoms with van der Waals surface area (Å²) in [7, 11) is 0. The summed E-state index contributed by atoms with van der Waals surface area (Å²) in [5, 5.41) is 0. The molecule has 1 aromatic carbocycles. The SMILES string of the molecule is CCCCCCCOc1ccc2c(c1)CCC(=O)C2. The van der Waals surface area contributed by atoms with Gasteiger partial charge in [0.15, 0.2) is 0 Å². The smallest absolute Gasteiger partial charge is 0.137 e. The molecule has 0 atom stereocenters. The van der Waals surface area contributed by atoms with Crippen molar-refractivity contribution in [2.75, 3.05) is 6.61 Å². The Morgan fingerprint density at radius 2 is 1.89 bits per heavy atom. The third kappa shape index (κ3) is 4.38. The van der Waals surface area contributed by atoms with E-state index in [2.05, 4.69) is 19.1 Å². The largest absolute Gasteiger partial charge is 0.494 e. The summed E-state index contributed by atoms with van der Waals surface area (Å²) < 4.78 is 5.79. The number of carbonyl (C=O) groups excluding carboxylic acids is 1. The van der Waals surface area contributed by atoms with E-state index < -0.39 is 0 Å². The highest BCUT2D eigenvalue weighted by atomic mass is 16.5. The average molecular weight is 260 g/mol. The number of Topliss-reactive ketones (excluding diaryl/α,β-unsaturated/α-hetero) is 1. The first-order valence-electron chi connectivity index (χ1n) is 7.56. The van der Waals surface area contributed by atoms with Crippen LogP contribution in [0.25, 0.3) is 0 Å². The molecule has 0 spiro atoms. The Morgan fingerprint density at radius 3 is 2.74 bits per heavy atom. The number of rotatable bonds is 7. The topological polar surface area (TPSA) is 26.3 Å². The van der Waals surface area contributed by atoms with E-state index in [1.807, 2.05) is 6.07 Å². The molecule has 0 bridgehead atoms. The van der Waals surface area contributed by atoms with Gasteiger partial charge >= 0.3 is 0 Å². The molecule has 0 N–H and O–H groups in total. The van der Waals surface area contributed by atoms with Gasteiger partial charge in [0.25, 0.3) is 0 Å². The Bertz CT molecular complexity index is 423. The predicted octanol–water partition coefficient (Wildman–Crippen LogP) is 4.09. The summed E-state index contributed by atoms with van der Waals surface area (Å²) in [4.78, 5) is 11.4. The second kappa shape index (κ2) is 7.32. The van der Waals surface area contributed by atoms with Crippen LogP contribution in [0.15, 0.2) is 18.2 Å². The van der Waals surface area contributed by atoms with Crippen LogP contribution in [0.4, 0.5) is 0 Å². The normalized spacial score (nSPS) is 14.3. The van der Waals surface area contributed by atoms with E-state index in [-0.39, 0.29) is 0 Å². The number of ether oxygens (including phenoxy) is 1. The molecule has 0 aliphatic heterocycles. The zero-order valence-corrected chi connectivity index (χ0v) is 11.9. The molecule has 19 heavy (non-hydrogen) atoms. The van der Waals surface area contributed by atoms with Crippen LogP contribution in [0.1, 0.15) is 56.6 Å². The minimum atomic E-state index is 0.358. The van der Waals surface area contributed by atoms with Crippen molar-refractivity contribution in [3.63, 3.8) is 0 Å². The van der Waals surface area contributed by atoms with E-state index >= 15 is 0 Å². The monoisotopic (exact) mass is 260 g/mol. The van der Waals surface area contributed by atoms with Gasteiger partial charge in [0, 0.05) is 12.8 Å². The Hall–Kier alpha value is -1.31. The highest BCUT2D eigenvalue weighted by Crippen LogP contribution is 2.24. The van der Waals surface area contributed by atoms with Gasteiger partial charge in [-0.25, -0.2) is 0 Å². The zero-order chi connectivity index (χ0) is 13.5. The number of fused-ring (bicyclic) bond motifs is 1. The van der Waals surface area contributed by atoms with Crippen molar-refractivity contribution >= 4 is 5.78 Å². The van der Waals surface area contributed by atoms with E-state index in [0.29, 0.717) is 18.6 Å². The first-order chi connectivity index (χ1) is 9.29. The molecule has 2 heteroatoms. The van der Waals surface area contributed by atoms with Crippen LogP contribution in [-0.2, 0) is 17.6 Å². The van der Waals surface area contributed by atoms with Crippen molar-refractivity contribution in [2.45, 2.75) is 58.3 Å². The third-order valence-electron chi connectivity index (χ3n) is 3.76. The van der Waals surface area contributed by atoms with Gasteiger partial charge in [0.2, 0.25) is 0 Å². The molecule has 2 nitrogen and oxygen atoms in total. The molecule has 2 rings (SSSR count). The summed E-state index contributed by atoms with van der Waals surface area (Å²) in [5.74, 6) is 1.32. The van der Waals surface area contributed by atoms with E-state index in [1.165, 1.54) is 36.8 Å². The van der Waals surface area contributed by atoms with E-state index in [9.17, 15) is 4.79 Å². The first kappa shape index (κ1) is 14.1. The summed E-state index contributed by atoms with van der Waals surface area (Å²) in [6, 6.07) is 6.18. The van der Waals surface area contributed by atoms with Crippen LogP contribution in [0.3, 0.4) is 0 Å². The molecule has 1 aliphatic rings. The third-order valence-corrected chi connectivity index (χ3v) is 3.76. The lowest BCUT2D eigenvalue weighted by Gasteiger charge is -2.16. The minimum absolute atomic E-state index is 0.358. The maximum atomic E-state index is 11.4. The lowest BCUT2D eigenvalue weighted by atomic mass is 9.91. The number of ketones is 1. The number of aryl methyl sites for hydroxylation is 1. The van der Waals surface area contributed by atoms with Gasteiger partial charge in [0.1, 0.15) is 11.5 Å². The minimum Gasteiger partial charge on any atom is -0.494 e. The van der Waals surface area contributed by atoms with Gasteiger partial charge < -0.3 is 4.74 Å². The quantitative estimate of drug-likeness (QED) is 0.690. The van der Waals surface area contributed by atoms with Gasteiger partial charge in [-0.2, -0.15) is 0 Å². The summed E-state index contributed by atoms with van der Waals surface area (Å²) in [6.45, 7) is 3.04. The van der Waals surface area contributed by atoms with Crippen LogP contribution >= 0.6 is 0 Å². The lowest BCUT2D eigenvalue weighted by Crippen LogP contribution is -2.13. The zero-order valence-electron chi connectivity index (χ0n) is 11.9. The summed E-state index contributed by atoms with van der Waals surface area (Å²) >= 11 is 0. The number of hydrogen-bond acceptors (Lipinski definition) is 2. The fourth-order valence-electron chi connectivity index (χ4n) is 2.57. The molecule has 0 aromatic heterocycles. The van der Waals surface area contributed by atoms with Crippen LogP contribution in [0.2, 0.25) is 0 Å². The van der Waals surface area contributed by atoms with Crippen LogP contribution < -0.4 is 4.74 Å². The highest BCUT2D eigenvalue weighted by Gasteiger charge is 2.15. The molecule has 1 aliphatic carbocycles. The second-order valence-electron chi connectivity index (χ2n) is 5.41. The standard InChI is InChI=1S/C17H24O2/c1-2-3-4-5-6-11-19-17-10-8-14-12-16(18)9-7-15(14)13-17/h8,10,13H,2-7,9,11-12H2,1H3. The molecule has 0 amide bonds. The molecule has 0 heterocycles. The van der Waals surface area contributed by atoms with Crippen molar-refractivity contribution in [1.82, 2.24) is 0 Å². The Balaban J connectivity index is 1.77. The van der Waals surface area contributed by atoms with Crippen molar-refractivity contribution in [3.05, 3.63) is 29.3 Å². The van der Waals surface area contributed by atoms with Crippen LogP contribution in [-0.4, -0.2) is 12.4 Å². The van der Waals surface area contributed by atoms with Crippen molar-refractivity contribution in [1.29, 1.82) is 0 Å². The highest BCUT2D eigenvalue weighted by molar-refractivity contribution is 5.83. The summed E-state index contributed by atoms with van der Waals surface area (Å²) in [5.41, 5.74) is 2.48. The molecular formula is C17H24O2. The number of benzene rings is 1. The maximum absolute atomic E-state index is 11.4. The molecule has 0 saturated carbocycles. The van der Waals surface area contributed by atoms with E-state index in [4.69, 9.17) is 4.74 Å². The summed E-state index contributed by atoms with van der Waals surface area (Å²) in [6.07, 6.45) is 8.48. The lowest BCUT2D eigenvalue weighted by molar-refractivity contribution is -0.118. The average Bonchev–Trinajstić information content (AvgIpc) is 2.43. The maximum Gasteiger partial charge on any atom is 0.137 e. The molecule has 0 unspecified atom stereocenters. The Morgan fingerprint density at radius 1 is 1.05 bits per heavy atom. The Kier molecular flexibility index (Phi) is 5.44. The van der Waals surface area contributed by atoms with Crippen molar-refractivity contribution in [2.24, 2.45) is 0 Å². The fourth-order valence-corrected chi connectivity index (χ4v) is 2.57. The van der Waals surface area contributed by atoms with Crippen LogP contribution in [0, 0.1) is 0 Å². The van der Waals surface area contributed by atoms with Gasteiger partial charge in [0.05, 0.1) is 6.61 Å². The fraction of sp³-hybridized carbons (Fsp3) is 0.588.